The molecule has 1 aliphatic heterocycles. The highest BCUT2D eigenvalue weighted by Crippen LogP contribution is 2.32. The van der Waals surface area contributed by atoms with Crippen LogP contribution in [0.25, 0.3) is 0 Å². The van der Waals surface area contributed by atoms with Crippen molar-refractivity contribution < 1.29 is 27.4 Å². The van der Waals surface area contributed by atoms with E-state index in [0.717, 1.165) is 4.47 Å². The molecule has 0 bridgehead atoms. The number of nitrogens with one attached hydrogen (secondary N) is 1. The van der Waals surface area contributed by atoms with Gasteiger partial charge in [0.2, 0.25) is 0 Å². The van der Waals surface area contributed by atoms with Gasteiger partial charge >= 0.3 is 0 Å². The minimum atomic E-state index is -3.70. The summed E-state index contributed by atoms with van der Waals surface area (Å²) < 4.78 is 44.1. The van der Waals surface area contributed by atoms with E-state index >= 15 is 0 Å². The molecule has 0 fully saturated rings. The summed E-state index contributed by atoms with van der Waals surface area (Å²) in [6.45, 7) is 0.751. The Morgan fingerprint density at radius 1 is 1.00 bits per heavy atom. The van der Waals surface area contributed by atoms with Gasteiger partial charge in [-0.1, -0.05) is 15.9 Å². The molecule has 1 N–H and O–H groups in total. The molecule has 172 valence electrons. The maximum absolute atomic E-state index is 12.8. The molecule has 10 heteroatoms. The van der Waals surface area contributed by atoms with Gasteiger partial charge in [-0.25, -0.2) is 8.42 Å². The number of hydrogen-bond donors (Lipinski definition) is 1. The van der Waals surface area contributed by atoms with Crippen molar-refractivity contribution in [1.29, 1.82) is 0 Å². The van der Waals surface area contributed by atoms with Crippen LogP contribution in [0.15, 0.2) is 76.1 Å². The first-order valence-electron chi connectivity index (χ1n) is 10.00. The predicted octanol–water partition coefficient (Wildman–Crippen LogP) is 4.06. The van der Waals surface area contributed by atoms with E-state index in [2.05, 4.69) is 21.2 Å². The third-order valence-electron chi connectivity index (χ3n) is 4.87. The summed E-state index contributed by atoms with van der Waals surface area (Å²) in [6.07, 6.45) is 0. The van der Waals surface area contributed by atoms with Crippen LogP contribution in [0.3, 0.4) is 0 Å². The first-order valence-corrected chi connectivity index (χ1v) is 12.2. The number of hydrogen-bond acceptors (Lipinski definition) is 6. The van der Waals surface area contributed by atoms with Crippen LogP contribution in [0, 0.1) is 0 Å². The normalized spacial score (nSPS) is 12.7. The Bertz CT molecular complexity index is 1250. The minimum Gasteiger partial charge on any atom is -0.486 e. The number of amides is 1. The largest absolute Gasteiger partial charge is 0.486 e. The van der Waals surface area contributed by atoms with Crippen molar-refractivity contribution in [2.45, 2.75) is 4.90 Å². The quantitative estimate of drug-likeness (QED) is 0.493. The molecule has 0 aliphatic carbocycles. The molecule has 0 aromatic heterocycles. The fourth-order valence-electron chi connectivity index (χ4n) is 3.12. The molecule has 0 radical (unpaired) electrons. The molecule has 33 heavy (non-hydrogen) atoms. The third kappa shape index (κ3) is 5.40. The van der Waals surface area contributed by atoms with E-state index in [9.17, 15) is 13.2 Å². The summed E-state index contributed by atoms with van der Waals surface area (Å²) in [6, 6.07) is 18.0. The number of nitrogens with zero attached hydrogens (tertiary/aromatic N) is 1. The number of carbonyl (C=O) groups is 1. The second-order valence-corrected chi connectivity index (χ2v) is 10.0. The average Bonchev–Trinajstić information content (AvgIpc) is 2.83. The average molecular weight is 533 g/mol. The van der Waals surface area contributed by atoms with Crippen LogP contribution in [0.5, 0.6) is 17.2 Å². The van der Waals surface area contributed by atoms with Crippen molar-refractivity contribution >= 4 is 43.2 Å². The summed E-state index contributed by atoms with van der Waals surface area (Å²) in [5, 5.41) is 2.74. The Labute approximate surface area is 200 Å². The molecule has 1 heterocycles. The van der Waals surface area contributed by atoms with Crippen LogP contribution < -0.4 is 23.8 Å². The van der Waals surface area contributed by atoms with Crippen molar-refractivity contribution in [1.82, 2.24) is 0 Å². The highest BCUT2D eigenvalue weighted by molar-refractivity contribution is 9.10. The van der Waals surface area contributed by atoms with Crippen molar-refractivity contribution in [2.75, 3.05) is 36.5 Å². The van der Waals surface area contributed by atoms with Crippen molar-refractivity contribution in [3.8, 4) is 17.2 Å². The number of halogens is 1. The van der Waals surface area contributed by atoms with Gasteiger partial charge in [0.05, 0.1) is 10.6 Å². The van der Waals surface area contributed by atoms with E-state index in [1.807, 2.05) is 0 Å². The molecule has 3 aromatic rings. The van der Waals surface area contributed by atoms with E-state index in [0.29, 0.717) is 41.8 Å². The fourth-order valence-corrected chi connectivity index (χ4v) is 4.58. The molecule has 4 rings (SSSR count). The second kappa shape index (κ2) is 9.72. The molecule has 0 spiro atoms. The Morgan fingerprint density at radius 2 is 1.67 bits per heavy atom. The molecular weight excluding hydrogens is 512 g/mol. The van der Waals surface area contributed by atoms with Crippen LogP contribution in [0.1, 0.15) is 0 Å². The molecule has 0 saturated carbocycles. The summed E-state index contributed by atoms with van der Waals surface area (Å²) in [4.78, 5) is 12.4. The van der Waals surface area contributed by atoms with E-state index in [1.165, 1.54) is 23.5 Å². The zero-order valence-electron chi connectivity index (χ0n) is 17.7. The lowest BCUT2D eigenvalue weighted by atomic mass is 10.2. The topological polar surface area (TPSA) is 94.2 Å². The molecule has 0 atom stereocenters. The first-order chi connectivity index (χ1) is 15.8. The van der Waals surface area contributed by atoms with Gasteiger partial charge in [-0.3, -0.25) is 9.10 Å². The van der Waals surface area contributed by atoms with Gasteiger partial charge in [-0.15, -0.1) is 0 Å². The second-order valence-electron chi connectivity index (χ2n) is 7.12. The lowest BCUT2D eigenvalue weighted by Gasteiger charge is -2.20. The lowest BCUT2D eigenvalue weighted by molar-refractivity contribution is -0.118. The summed E-state index contributed by atoms with van der Waals surface area (Å²) in [5.74, 6) is 1.32. The van der Waals surface area contributed by atoms with Crippen LogP contribution in [-0.4, -0.2) is 41.2 Å². The number of fused-ring (bicyclic) bond motifs is 1. The van der Waals surface area contributed by atoms with Crippen LogP contribution in [-0.2, 0) is 14.8 Å². The zero-order chi connectivity index (χ0) is 23.4. The van der Waals surface area contributed by atoms with Crippen LogP contribution in [0.4, 0.5) is 11.4 Å². The molecular formula is C23H21BrN2O6S. The monoisotopic (exact) mass is 532 g/mol. The first kappa shape index (κ1) is 22.9. The lowest BCUT2D eigenvalue weighted by Crippen LogP contribution is -2.26. The van der Waals surface area contributed by atoms with E-state index in [-0.39, 0.29) is 17.4 Å². The Morgan fingerprint density at radius 3 is 2.36 bits per heavy atom. The van der Waals surface area contributed by atoms with Gasteiger partial charge < -0.3 is 19.5 Å². The maximum atomic E-state index is 12.8. The molecule has 3 aromatic carbocycles. The van der Waals surface area contributed by atoms with Gasteiger partial charge in [-0.2, -0.15) is 0 Å². The summed E-state index contributed by atoms with van der Waals surface area (Å²) >= 11 is 3.30. The molecule has 8 nitrogen and oxygen atoms in total. The summed E-state index contributed by atoms with van der Waals surface area (Å²) in [5.41, 5.74) is 1.04. The third-order valence-corrected chi connectivity index (χ3v) is 7.20. The smallest absolute Gasteiger partial charge is 0.264 e. The molecule has 0 saturated heterocycles. The fraction of sp³-hybridized carbons (Fsp3) is 0.174. The van der Waals surface area contributed by atoms with Crippen LogP contribution in [0.2, 0.25) is 0 Å². The van der Waals surface area contributed by atoms with Gasteiger partial charge in [0.1, 0.15) is 19.0 Å². The summed E-state index contributed by atoms with van der Waals surface area (Å²) in [7, 11) is -2.22. The molecule has 1 aliphatic rings. The van der Waals surface area contributed by atoms with Gasteiger partial charge in [-0.05, 0) is 60.7 Å². The van der Waals surface area contributed by atoms with Gasteiger partial charge in [0.15, 0.2) is 18.1 Å². The standard InChI is InChI=1S/C23H21BrN2O6S/c1-26(33(28,29)20-9-2-16(24)3-10-20)18-5-7-19(8-6-18)32-15-23(27)25-17-4-11-21-22(14-17)31-13-12-30-21/h2-11,14H,12-13,15H2,1H3,(H,25,27). The van der Waals surface area contributed by atoms with Gasteiger partial charge in [0, 0.05) is 23.3 Å². The van der Waals surface area contributed by atoms with E-state index in [1.54, 1.807) is 54.6 Å². The van der Waals surface area contributed by atoms with Crippen molar-refractivity contribution in [3.05, 3.63) is 71.2 Å². The Hall–Kier alpha value is -3.24. The van der Waals surface area contributed by atoms with Crippen LogP contribution >= 0.6 is 15.9 Å². The SMILES string of the molecule is CN(c1ccc(OCC(=O)Nc2ccc3c(c2)OCCO3)cc1)S(=O)(=O)c1ccc(Br)cc1. The van der Waals surface area contributed by atoms with Crippen molar-refractivity contribution in [2.24, 2.45) is 0 Å². The van der Waals surface area contributed by atoms with Crippen molar-refractivity contribution in [3.63, 3.8) is 0 Å². The highest BCUT2D eigenvalue weighted by atomic mass is 79.9. The number of sulfonamides is 1. The van der Waals surface area contributed by atoms with E-state index in [4.69, 9.17) is 14.2 Å². The minimum absolute atomic E-state index is 0.185. The number of benzene rings is 3. The number of ether oxygens (including phenoxy) is 3. The number of anilines is 2. The predicted molar refractivity (Wildman–Crippen MR) is 128 cm³/mol. The molecule has 1 amide bonds. The Kier molecular flexibility index (Phi) is 6.75. The maximum Gasteiger partial charge on any atom is 0.264 e. The van der Waals surface area contributed by atoms with E-state index < -0.39 is 10.0 Å². The Balaban J connectivity index is 1.34. The van der Waals surface area contributed by atoms with Gasteiger partial charge in [0.25, 0.3) is 15.9 Å². The highest BCUT2D eigenvalue weighted by Gasteiger charge is 2.21. The number of carbonyl (C=O) groups excluding carboxylic acids is 1. The number of rotatable bonds is 7. The molecule has 0 unspecified atom stereocenters. The zero-order valence-corrected chi connectivity index (χ0v) is 20.1.